The molecule has 1 aliphatic carbocycles. The minimum atomic E-state index is 0.0174. The molecule has 2 aromatic heterocycles. The molecule has 122 valence electrons. The molecule has 0 aliphatic heterocycles. The third-order valence-corrected chi connectivity index (χ3v) is 4.20. The SMILES string of the molecule is COc1ncccc1CNc1nc2ccccc2c(=O)n1C1CC1. The molecule has 0 radical (unpaired) electrons. The van der Waals surface area contributed by atoms with Crippen molar-refractivity contribution < 1.29 is 4.74 Å². The maximum absolute atomic E-state index is 12.8. The number of hydrogen-bond donors (Lipinski definition) is 1. The molecule has 24 heavy (non-hydrogen) atoms. The lowest BCUT2D eigenvalue weighted by atomic mass is 10.2. The summed E-state index contributed by atoms with van der Waals surface area (Å²) in [5.74, 6) is 1.18. The molecular formula is C18H18N4O2. The number of nitrogens with one attached hydrogen (secondary N) is 1. The molecule has 6 heteroatoms. The van der Waals surface area contributed by atoms with Crippen molar-refractivity contribution in [2.45, 2.75) is 25.4 Å². The van der Waals surface area contributed by atoms with E-state index in [9.17, 15) is 4.79 Å². The zero-order valence-electron chi connectivity index (χ0n) is 13.4. The minimum absolute atomic E-state index is 0.0174. The number of nitrogens with zero attached hydrogens (tertiary/aromatic N) is 3. The highest BCUT2D eigenvalue weighted by Gasteiger charge is 2.28. The zero-order valence-corrected chi connectivity index (χ0v) is 13.4. The highest BCUT2D eigenvalue weighted by atomic mass is 16.5. The number of para-hydroxylation sites is 1. The molecule has 0 atom stereocenters. The van der Waals surface area contributed by atoms with Crippen LogP contribution in [0.25, 0.3) is 10.9 Å². The molecule has 6 nitrogen and oxygen atoms in total. The molecule has 4 rings (SSSR count). The van der Waals surface area contributed by atoms with Crippen molar-refractivity contribution in [2.75, 3.05) is 12.4 Å². The average molecular weight is 322 g/mol. The van der Waals surface area contributed by atoms with Crippen molar-refractivity contribution in [3.05, 3.63) is 58.5 Å². The Morgan fingerprint density at radius 3 is 2.88 bits per heavy atom. The molecule has 0 amide bonds. The van der Waals surface area contributed by atoms with E-state index in [4.69, 9.17) is 4.74 Å². The first-order valence-electron chi connectivity index (χ1n) is 8.01. The molecule has 1 aromatic carbocycles. The lowest BCUT2D eigenvalue weighted by Crippen LogP contribution is -2.24. The summed E-state index contributed by atoms with van der Waals surface area (Å²) in [6, 6.07) is 11.5. The molecule has 2 heterocycles. The largest absolute Gasteiger partial charge is 0.481 e. The monoisotopic (exact) mass is 322 g/mol. The van der Waals surface area contributed by atoms with E-state index in [-0.39, 0.29) is 11.6 Å². The van der Waals surface area contributed by atoms with E-state index in [1.807, 2.05) is 36.4 Å². The summed E-state index contributed by atoms with van der Waals surface area (Å²) >= 11 is 0. The number of pyridine rings is 1. The van der Waals surface area contributed by atoms with Crippen LogP contribution in [0.1, 0.15) is 24.4 Å². The van der Waals surface area contributed by atoms with Gasteiger partial charge in [0.05, 0.1) is 18.0 Å². The quantitative estimate of drug-likeness (QED) is 0.782. The Balaban J connectivity index is 1.73. The Hall–Kier alpha value is -2.89. The van der Waals surface area contributed by atoms with Gasteiger partial charge in [0.15, 0.2) is 0 Å². The van der Waals surface area contributed by atoms with Crippen LogP contribution < -0.4 is 15.6 Å². The van der Waals surface area contributed by atoms with Gasteiger partial charge >= 0.3 is 0 Å². The molecule has 1 saturated carbocycles. The van der Waals surface area contributed by atoms with Gasteiger partial charge in [-0.1, -0.05) is 18.2 Å². The summed E-state index contributed by atoms with van der Waals surface area (Å²) in [6.07, 6.45) is 3.73. The predicted octanol–water partition coefficient (Wildman–Crippen LogP) is 2.75. The first kappa shape index (κ1) is 14.7. The van der Waals surface area contributed by atoms with E-state index in [0.717, 1.165) is 18.4 Å². The average Bonchev–Trinajstić information content (AvgIpc) is 3.45. The van der Waals surface area contributed by atoms with Crippen molar-refractivity contribution >= 4 is 16.9 Å². The first-order valence-corrected chi connectivity index (χ1v) is 8.01. The van der Waals surface area contributed by atoms with E-state index in [1.54, 1.807) is 17.9 Å². The molecule has 1 N–H and O–H groups in total. The number of methoxy groups -OCH3 is 1. The Morgan fingerprint density at radius 1 is 1.25 bits per heavy atom. The first-order chi connectivity index (χ1) is 11.8. The summed E-state index contributed by atoms with van der Waals surface area (Å²) < 4.78 is 7.06. The van der Waals surface area contributed by atoms with Crippen LogP contribution in [0.2, 0.25) is 0 Å². The van der Waals surface area contributed by atoms with E-state index >= 15 is 0 Å². The van der Waals surface area contributed by atoms with Gasteiger partial charge in [-0.3, -0.25) is 9.36 Å². The Kier molecular flexibility index (Phi) is 3.65. The summed E-state index contributed by atoms with van der Waals surface area (Å²) in [5.41, 5.74) is 1.65. The number of benzene rings is 1. The summed E-state index contributed by atoms with van der Waals surface area (Å²) in [7, 11) is 1.60. The number of hydrogen-bond acceptors (Lipinski definition) is 5. The van der Waals surface area contributed by atoms with Crippen molar-refractivity contribution in [1.82, 2.24) is 14.5 Å². The number of ether oxygens (including phenoxy) is 1. The summed E-state index contributed by atoms with van der Waals surface area (Å²) in [4.78, 5) is 21.7. The van der Waals surface area contributed by atoms with Gasteiger partial charge in [0, 0.05) is 24.3 Å². The van der Waals surface area contributed by atoms with Gasteiger partial charge < -0.3 is 10.1 Å². The molecule has 0 spiro atoms. The highest BCUT2D eigenvalue weighted by Crippen LogP contribution is 2.36. The number of aromatic nitrogens is 3. The third-order valence-electron chi connectivity index (χ3n) is 4.20. The normalized spacial score (nSPS) is 13.9. The van der Waals surface area contributed by atoms with Crippen molar-refractivity contribution in [3.8, 4) is 5.88 Å². The molecular weight excluding hydrogens is 304 g/mol. The number of fused-ring (bicyclic) bond motifs is 1. The van der Waals surface area contributed by atoms with Crippen LogP contribution in [-0.2, 0) is 6.54 Å². The molecule has 1 fully saturated rings. The zero-order chi connectivity index (χ0) is 16.5. The van der Waals surface area contributed by atoms with Crippen LogP contribution in [-0.4, -0.2) is 21.6 Å². The van der Waals surface area contributed by atoms with Crippen LogP contribution in [0.4, 0.5) is 5.95 Å². The molecule has 1 aliphatic rings. The van der Waals surface area contributed by atoms with Crippen LogP contribution >= 0.6 is 0 Å². The highest BCUT2D eigenvalue weighted by molar-refractivity contribution is 5.78. The van der Waals surface area contributed by atoms with E-state index in [1.165, 1.54) is 0 Å². The van der Waals surface area contributed by atoms with Gasteiger partial charge in [0.2, 0.25) is 11.8 Å². The summed E-state index contributed by atoms with van der Waals surface area (Å²) in [5, 5.41) is 3.95. The molecule has 3 aromatic rings. The Bertz CT molecular complexity index is 947. The van der Waals surface area contributed by atoms with Crippen LogP contribution in [0, 0.1) is 0 Å². The second-order valence-corrected chi connectivity index (χ2v) is 5.88. The lowest BCUT2D eigenvalue weighted by molar-refractivity contribution is 0.393. The molecule has 0 bridgehead atoms. The van der Waals surface area contributed by atoms with Crippen LogP contribution in [0.3, 0.4) is 0 Å². The van der Waals surface area contributed by atoms with E-state index in [0.29, 0.717) is 29.3 Å². The molecule has 0 unspecified atom stereocenters. The van der Waals surface area contributed by atoms with Gasteiger partial charge in [-0.15, -0.1) is 0 Å². The van der Waals surface area contributed by atoms with Crippen molar-refractivity contribution in [1.29, 1.82) is 0 Å². The van der Waals surface area contributed by atoms with Gasteiger partial charge in [-0.05, 0) is 31.0 Å². The Labute approximate surface area is 139 Å². The second kappa shape index (κ2) is 5.96. The fraction of sp³-hybridized carbons (Fsp3) is 0.278. The van der Waals surface area contributed by atoms with Crippen LogP contribution in [0.5, 0.6) is 5.88 Å². The van der Waals surface area contributed by atoms with Crippen molar-refractivity contribution in [2.24, 2.45) is 0 Å². The van der Waals surface area contributed by atoms with Crippen molar-refractivity contribution in [3.63, 3.8) is 0 Å². The summed E-state index contributed by atoms with van der Waals surface area (Å²) in [6.45, 7) is 0.495. The fourth-order valence-corrected chi connectivity index (χ4v) is 2.86. The second-order valence-electron chi connectivity index (χ2n) is 5.88. The van der Waals surface area contributed by atoms with Gasteiger partial charge in [-0.25, -0.2) is 9.97 Å². The standard InChI is InChI=1S/C18H18N4O2/c1-24-16-12(5-4-10-19-16)11-20-18-21-15-7-3-2-6-14(15)17(23)22(18)13-8-9-13/h2-7,10,13H,8-9,11H2,1H3,(H,20,21). The number of anilines is 1. The fourth-order valence-electron chi connectivity index (χ4n) is 2.86. The van der Waals surface area contributed by atoms with Gasteiger partial charge in [0.25, 0.3) is 5.56 Å². The third kappa shape index (κ3) is 2.60. The maximum atomic E-state index is 12.8. The molecule has 0 saturated heterocycles. The van der Waals surface area contributed by atoms with E-state index < -0.39 is 0 Å². The van der Waals surface area contributed by atoms with Crippen LogP contribution in [0.15, 0.2) is 47.4 Å². The predicted molar refractivity (Wildman–Crippen MR) is 92.4 cm³/mol. The topological polar surface area (TPSA) is 69.0 Å². The lowest BCUT2D eigenvalue weighted by Gasteiger charge is -2.15. The Morgan fingerprint density at radius 2 is 2.08 bits per heavy atom. The number of rotatable bonds is 5. The van der Waals surface area contributed by atoms with E-state index in [2.05, 4.69) is 15.3 Å². The minimum Gasteiger partial charge on any atom is -0.481 e. The van der Waals surface area contributed by atoms with Gasteiger partial charge in [-0.2, -0.15) is 0 Å². The smallest absolute Gasteiger partial charge is 0.263 e. The maximum Gasteiger partial charge on any atom is 0.263 e. The van der Waals surface area contributed by atoms with Gasteiger partial charge in [0.1, 0.15) is 0 Å².